The van der Waals surface area contributed by atoms with Crippen molar-refractivity contribution in [2.75, 3.05) is 13.7 Å². The van der Waals surface area contributed by atoms with Crippen LogP contribution in [-0.2, 0) is 12.6 Å². The Morgan fingerprint density at radius 1 is 1.38 bits per heavy atom. The number of amides is 1. The molecular formula is C18H23N3O3. The Morgan fingerprint density at radius 3 is 2.67 bits per heavy atom. The van der Waals surface area contributed by atoms with Gasteiger partial charge in [-0.15, -0.1) is 0 Å². The lowest BCUT2D eigenvalue weighted by Crippen LogP contribution is -2.48. The van der Waals surface area contributed by atoms with Crippen LogP contribution in [0.4, 0.5) is 0 Å². The summed E-state index contributed by atoms with van der Waals surface area (Å²) < 4.78 is 6.78. The Morgan fingerprint density at radius 2 is 2.08 bits per heavy atom. The third kappa shape index (κ3) is 2.89. The number of nitrogens with zero attached hydrogens (tertiary/aromatic N) is 3. The predicted octanol–water partition coefficient (Wildman–Crippen LogP) is 1.94. The van der Waals surface area contributed by atoms with E-state index in [1.807, 2.05) is 24.3 Å². The molecule has 0 aliphatic carbocycles. The molecule has 0 unspecified atom stereocenters. The number of rotatable bonds is 4. The molecule has 2 aromatic rings. The number of aryl methyl sites for hydroxylation is 1. The van der Waals surface area contributed by atoms with Crippen molar-refractivity contribution >= 4 is 5.91 Å². The summed E-state index contributed by atoms with van der Waals surface area (Å²) in [5.41, 5.74) is 0.204. The first-order valence-corrected chi connectivity index (χ1v) is 8.10. The number of methoxy groups -OCH3 is 1. The van der Waals surface area contributed by atoms with Crippen molar-refractivity contribution in [3.05, 3.63) is 47.8 Å². The normalized spacial score (nSPS) is 20.0. The van der Waals surface area contributed by atoms with Gasteiger partial charge in [-0.25, -0.2) is 0 Å². The minimum atomic E-state index is -1.12. The molecule has 2 atom stereocenters. The molecule has 0 bridgehead atoms. The Labute approximate surface area is 141 Å². The smallest absolute Gasteiger partial charge is 0.257 e. The van der Waals surface area contributed by atoms with E-state index in [9.17, 15) is 9.90 Å². The highest BCUT2D eigenvalue weighted by atomic mass is 16.5. The molecule has 24 heavy (non-hydrogen) atoms. The van der Waals surface area contributed by atoms with Crippen molar-refractivity contribution in [1.82, 2.24) is 14.7 Å². The fourth-order valence-corrected chi connectivity index (χ4v) is 3.41. The second-order valence-electron chi connectivity index (χ2n) is 6.44. The maximum atomic E-state index is 12.8. The topological polar surface area (TPSA) is 67.6 Å². The van der Waals surface area contributed by atoms with Crippen molar-refractivity contribution in [1.29, 1.82) is 0 Å². The van der Waals surface area contributed by atoms with Gasteiger partial charge in [0.15, 0.2) is 0 Å². The Hall–Kier alpha value is -2.34. The lowest BCUT2D eigenvalue weighted by molar-refractivity contribution is -0.0177. The largest absolute Gasteiger partial charge is 0.497 e. The van der Waals surface area contributed by atoms with Crippen LogP contribution in [-0.4, -0.2) is 45.4 Å². The fourth-order valence-electron chi connectivity index (χ4n) is 3.41. The molecule has 3 rings (SSSR count). The first kappa shape index (κ1) is 16.5. The van der Waals surface area contributed by atoms with Gasteiger partial charge >= 0.3 is 0 Å². The second kappa shape index (κ2) is 6.28. The van der Waals surface area contributed by atoms with E-state index in [4.69, 9.17) is 4.74 Å². The minimum Gasteiger partial charge on any atom is -0.497 e. The molecule has 2 heterocycles. The molecule has 1 fully saturated rings. The van der Waals surface area contributed by atoms with Crippen LogP contribution in [0, 0.1) is 0 Å². The second-order valence-corrected chi connectivity index (χ2v) is 6.44. The van der Waals surface area contributed by atoms with E-state index in [0.717, 1.165) is 24.2 Å². The zero-order valence-electron chi connectivity index (χ0n) is 14.3. The van der Waals surface area contributed by atoms with Crippen LogP contribution < -0.4 is 4.74 Å². The van der Waals surface area contributed by atoms with Crippen LogP contribution in [0.25, 0.3) is 0 Å². The lowest BCUT2D eigenvalue weighted by atomic mass is 9.86. The van der Waals surface area contributed by atoms with Crippen LogP contribution >= 0.6 is 0 Å². The number of likely N-dealkylation sites (tertiary alicyclic amines) is 1. The third-order valence-corrected chi connectivity index (χ3v) is 4.79. The predicted molar refractivity (Wildman–Crippen MR) is 89.8 cm³/mol. The number of aliphatic hydroxyl groups is 1. The zero-order valence-corrected chi connectivity index (χ0v) is 14.3. The van der Waals surface area contributed by atoms with Crippen molar-refractivity contribution in [3.63, 3.8) is 0 Å². The van der Waals surface area contributed by atoms with E-state index >= 15 is 0 Å². The van der Waals surface area contributed by atoms with Crippen molar-refractivity contribution in [3.8, 4) is 5.75 Å². The molecule has 6 heteroatoms. The number of carbonyl (C=O) groups excluding carboxylic acids is 1. The quantitative estimate of drug-likeness (QED) is 0.931. The standard InChI is InChI=1S/C18H23N3O3/c1-18(23,14-6-8-15(24-3)9-7-14)16-5-4-10-21(16)17(22)13-11-19-20(2)12-13/h6-9,11-12,16,23H,4-5,10H2,1-3H3/t16-,18-/m1/s1. The number of hydrogen-bond acceptors (Lipinski definition) is 4. The monoisotopic (exact) mass is 329 g/mol. The molecule has 1 saturated heterocycles. The summed E-state index contributed by atoms with van der Waals surface area (Å²) in [6.07, 6.45) is 4.92. The zero-order chi connectivity index (χ0) is 17.3. The molecule has 0 saturated carbocycles. The molecule has 1 N–H and O–H groups in total. The Bertz CT molecular complexity index is 721. The van der Waals surface area contributed by atoms with Crippen molar-refractivity contribution in [2.45, 2.75) is 31.4 Å². The Balaban J connectivity index is 1.86. The highest BCUT2D eigenvalue weighted by molar-refractivity contribution is 5.94. The maximum absolute atomic E-state index is 12.8. The molecule has 0 radical (unpaired) electrons. The molecule has 1 aliphatic rings. The summed E-state index contributed by atoms with van der Waals surface area (Å²) in [7, 11) is 3.39. The average molecular weight is 329 g/mol. The van der Waals surface area contributed by atoms with E-state index in [1.165, 1.54) is 0 Å². The number of aromatic nitrogens is 2. The van der Waals surface area contributed by atoms with Gasteiger partial charge in [-0.05, 0) is 37.5 Å². The first-order chi connectivity index (χ1) is 11.4. The Kier molecular flexibility index (Phi) is 4.32. The summed E-state index contributed by atoms with van der Waals surface area (Å²) in [4.78, 5) is 14.6. The number of hydrogen-bond donors (Lipinski definition) is 1. The molecule has 0 spiro atoms. The van der Waals surface area contributed by atoms with Gasteiger partial charge in [-0.2, -0.15) is 5.10 Å². The summed E-state index contributed by atoms with van der Waals surface area (Å²) in [5.74, 6) is 0.656. The minimum absolute atomic E-state index is 0.0839. The van der Waals surface area contributed by atoms with E-state index in [1.54, 1.807) is 43.1 Å². The summed E-state index contributed by atoms with van der Waals surface area (Å²) in [5, 5.41) is 15.2. The highest BCUT2D eigenvalue weighted by Gasteiger charge is 2.43. The van der Waals surface area contributed by atoms with E-state index in [-0.39, 0.29) is 11.9 Å². The van der Waals surface area contributed by atoms with Gasteiger partial charge in [0.2, 0.25) is 0 Å². The van der Waals surface area contributed by atoms with Gasteiger partial charge in [0, 0.05) is 19.8 Å². The van der Waals surface area contributed by atoms with Crippen LogP contribution in [0.2, 0.25) is 0 Å². The molecule has 128 valence electrons. The van der Waals surface area contributed by atoms with Gasteiger partial charge in [0.05, 0.1) is 24.9 Å². The van der Waals surface area contributed by atoms with E-state index in [0.29, 0.717) is 12.1 Å². The fraction of sp³-hybridized carbons (Fsp3) is 0.444. The lowest BCUT2D eigenvalue weighted by Gasteiger charge is -2.37. The SMILES string of the molecule is COc1ccc([C@@](C)(O)[C@H]2CCCN2C(=O)c2cnn(C)c2)cc1. The van der Waals surface area contributed by atoms with Gasteiger partial charge < -0.3 is 14.7 Å². The van der Waals surface area contributed by atoms with Crippen molar-refractivity contribution < 1.29 is 14.6 Å². The number of ether oxygens (including phenoxy) is 1. The van der Waals surface area contributed by atoms with Crippen molar-refractivity contribution in [2.24, 2.45) is 7.05 Å². The number of benzene rings is 1. The van der Waals surface area contributed by atoms with Gasteiger partial charge in [-0.3, -0.25) is 9.48 Å². The maximum Gasteiger partial charge on any atom is 0.257 e. The van der Waals surface area contributed by atoms with Gasteiger partial charge in [-0.1, -0.05) is 12.1 Å². The van der Waals surface area contributed by atoms with Crippen LogP contribution in [0.5, 0.6) is 5.75 Å². The van der Waals surface area contributed by atoms with Crippen LogP contribution in [0.15, 0.2) is 36.7 Å². The third-order valence-electron chi connectivity index (χ3n) is 4.79. The number of carbonyl (C=O) groups is 1. The van der Waals surface area contributed by atoms with E-state index < -0.39 is 5.60 Å². The molecule has 1 aromatic carbocycles. The van der Waals surface area contributed by atoms with Gasteiger partial charge in [0.1, 0.15) is 11.4 Å². The molecule has 1 aromatic heterocycles. The highest BCUT2D eigenvalue weighted by Crippen LogP contribution is 2.36. The summed E-state index contributed by atoms with van der Waals surface area (Å²) in [6, 6.07) is 7.09. The first-order valence-electron chi connectivity index (χ1n) is 8.10. The summed E-state index contributed by atoms with van der Waals surface area (Å²) in [6.45, 7) is 2.42. The van der Waals surface area contributed by atoms with Crippen LogP contribution in [0.3, 0.4) is 0 Å². The van der Waals surface area contributed by atoms with Crippen LogP contribution in [0.1, 0.15) is 35.7 Å². The molecular weight excluding hydrogens is 306 g/mol. The molecule has 1 aliphatic heterocycles. The summed E-state index contributed by atoms with van der Waals surface area (Å²) >= 11 is 0. The van der Waals surface area contributed by atoms with Gasteiger partial charge in [0.25, 0.3) is 5.91 Å². The van der Waals surface area contributed by atoms with E-state index in [2.05, 4.69) is 5.10 Å². The average Bonchev–Trinajstić information content (AvgIpc) is 3.23. The molecule has 6 nitrogen and oxygen atoms in total. The molecule has 1 amide bonds.